The van der Waals surface area contributed by atoms with E-state index in [-0.39, 0.29) is 12.0 Å². The van der Waals surface area contributed by atoms with E-state index in [0.717, 1.165) is 32.1 Å². The van der Waals surface area contributed by atoms with E-state index in [1.54, 1.807) is 38.1 Å². The molecule has 1 fully saturated rings. The lowest BCUT2D eigenvalue weighted by Gasteiger charge is -2.37. The van der Waals surface area contributed by atoms with Crippen molar-refractivity contribution in [3.8, 4) is 0 Å². The van der Waals surface area contributed by atoms with Crippen LogP contribution in [0.4, 0.5) is 0 Å². The average Bonchev–Trinajstić information content (AvgIpc) is 2.54. The highest BCUT2D eigenvalue weighted by Gasteiger charge is 2.49. The van der Waals surface area contributed by atoms with E-state index in [9.17, 15) is 15.0 Å². The van der Waals surface area contributed by atoms with Crippen molar-refractivity contribution in [2.24, 2.45) is 5.92 Å². The molecule has 2 N–H and O–H groups in total. The number of esters is 1. The first-order valence-electron chi connectivity index (χ1n) is 8.13. The van der Waals surface area contributed by atoms with Gasteiger partial charge in [0, 0.05) is 0 Å². The summed E-state index contributed by atoms with van der Waals surface area (Å²) in [5.74, 6) is -0.856. The predicted octanol–water partition coefficient (Wildman–Crippen LogP) is 2.77. The van der Waals surface area contributed by atoms with E-state index in [2.05, 4.69) is 0 Å². The number of hydrogen-bond donors (Lipinski definition) is 2. The first-order chi connectivity index (χ1) is 10.5. The third-order valence-corrected chi connectivity index (χ3v) is 4.39. The molecule has 1 aliphatic carbocycles. The van der Waals surface area contributed by atoms with Gasteiger partial charge in [0.05, 0.1) is 6.10 Å². The Labute approximate surface area is 132 Å². The highest BCUT2D eigenvalue weighted by atomic mass is 16.6. The van der Waals surface area contributed by atoms with Crippen LogP contribution in [0.1, 0.15) is 51.5 Å². The van der Waals surface area contributed by atoms with Crippen LogP contribution >= 0.6 is 0 Å². The zero-order valence-corrected chi connectivity index (χ0v) is 13.4. The number of aliphatic hydroxyl groups excluding tert-OH is 1. The highest BCUT2D eigenvalue weighted by molar-refractivity contribution is 5.82. The maximum absolute atomic E-state index is 12.5. The molecule has 0 aliphatic heterocycles. The minimum absolute atomic E-state index is 0.0846. The van der Waals surface area contributed by atoms with E-state index in [0.29, 0.717) is 5.56 Å². The van der Waals surface area contributed by atoms with Crippen LogP contribution < -0.4 is 0 Å². The van der Waals surface area contributed by atoms with Crippen molar-refractivity contribution in [2.75, 3.05) is 0 Å². The van der Waals surface area contributed by atoms with E-state index < -0.39 is 17.7 Å². The fourth-order valence-electron chi connectivity index (χ4n) is 3.20. The van der Waals surface area contributed by atoms with Gasteiger partial charge in [-0.3, -0.25) is 0 Å². The van der Waals surface area contributed by atoms with E-state index in [4.69, 9.17) is 4.74 Å². The minimum Gasteiger partial charge on any atom is -0.461 e. The van der Waals surface area contributed by atoms with Crippen LogP contribution in [-0.2, 0) is 15.1 Å². The Morgan fingerprint density at radius 1 is 1.18 bits per heavy atom. The molecule has 0 spiro atoms. The van der Waals surface area contributed by atoms with Crippen LogP contribution in [0.3, 0.4) is 0 Å². The third-order valence-electron chi connectivity index (χ3n) is 4.39. The Balaban J connectivity index is 2.34. The number of ether oxygens (including phenoxy) is 1. The normalized spacial score (nSPS) is 20.4. The molecule has 0 bridgehead atoms. The summed E-state index contributed by atoms with van der Waals surface area (Å²) in [7, 11) is 0. The largest absolute Gasteiger partial charge is 0.461 e. The van der Waals surface area contributed by atoms with Crippen molar-refractivity contribution in [1.29, 1.82) is 0 Å². The second kappa shape index (κ2) is 7.25. The fourth-order valence-corrected chi connectivity index (χ4v) is 3.20. The van der Waals surface area contributed by atoms with E-state index in [1.807, 2.05) is 6.07 Å². The lowest BCUT2D eigenvalue weighted by Crippen LogP contribution is -2.51. The summed E-state index contributed by atoms with van der Waals surface area (Å²) in [6.07, 6.45) is 3.33. The van der Waals surface area contributed by atoms with Crippen molar-refractivity contribution in [3.63, 3.8) is 0 Å². The molecule has 1 aromatic carbocycles. The summed E-state index contributed by atoms with van der Waals surface area (Å²) in [4.78, 5) is 12.5. The maximum Gasteiger partial charge on any atom is 0.345 e. The first-order valence-corrected chi connectivity index (χ1v) is 8.13. The molecule has 0 saturated heterocycles. The van der Waals surface area contributed by atoms with E-state index >= 15 is 0 Å². The summed E-state index contributed by atoms with van der Waals surface area (Å²) < 4.78 is 5.23. The third kappa shape index (κ3) is 3.50. The lowest BCUT2D eigenvalue weighted by molar-refractivity contribution is -0.190. The molecule has 122 valence electrons. The van der Waals surface area contributed by atoms with Crippen LogP contribution in [0.25, 0.3) is 0 Å². The topological polar surface area (TPSA) is 66.8 Å². The van der Waals surface area contributed by atoms with Gasteiger partial charge in [-0.05, 0) is 38.2 Å². The fraction of sp³-hybridized carbons (Fsp3) is 0.611. The number of carbonyl (C=O) groups is 1. The van der Waals surface area contributed by atoms with Gasteiger partial charge in [-0.25, -0.2) is 4.79 Å². The van der Waals surface area contributed by atoms with Crippen LogP contribution in [-0.4, -0.2) is 28.4 Å². The monoisotopic (exact) mass is 306 g/mol. The summed E-state index contributed by atoms with van der Waals surface area (Å²) >= 11 is 0. The summed E-state index contributed by atoms with van der Waals surface area (Å²) in [5, 5.41) is 21.9. The zero-order valence-electron chi connectivity index (χ0n) is 13.4. The molecule has 4 nitrogen and oxygen atoms in total. The average molecular weight is 306 g/mol. The number of benzene rings is 1. The Kier molecular flexibility index (Phi) is 5.59. The summed E-state index contributed by atoms with van der Waals surface area (Å²) in [5.41, 5.74) is -1.62. The van der Waals surface area contributed by atoms with Gasteiger partial charge in [0.25, 0.3) is 0 Å². The minimum atomic E-state index is -2.01. The highest BCUT2D eigenvalue weighted by Crippen LogP contribution is 2.37. The Morgan fingerprint density at radius 3 is 2.32 bits per heavy atom. The molecule has 22 heavy (non-hydrogen) atoms. The number of carbonyl (C=O) groups excluding carboxylic acids is 1. The summed E-state index contributed by atoms with van der Waals surface area (Å²) in [6, 6.07) is 8.62. The van der Waals surface area contributed by atoms with Crippen molar-refractivity contribution >= 4 is 5.97 Å². The van der Waals surface area contributed by atoms with Crippen molar-refractivity contribution in [2.45, 2.75) is 63.8 Å². The smallest absolute Gasteiger partial charge is 0.345 e. The molecule has 2 atom stereocenters. The van der Waals surface area contributed by atoms with Crippen molar-refractivity contribution < 1.29 is 19.7 Å². The molecule has 4 heteroatoms. The van der Waals surface area contributed by atoms with Gasteiger partial charge >= 0.3 is 5.97 Å². The summed E-state index contributed by atoms with van der Waals surface area (Å²) in [6.45, 7) is 3.46. The van der Waals surface area contributed by atoms with E-state index in [1.165, 1.54) is 0 Å². The molecule has 0 aromatic heterocycles. The molecular weight excluding hydrogens is 280 g/mol. The van der Waals surface area contributed by atoms with Gasteiger partial charge in [0.2, 0.25) is 5.60 Å². The molecular formula is C18H26O4. The number of aliphatic hydroxyl groups is 2. The van der Waals surface area contributed by atoms with Gasteiger partial charge < -0.3 is 14.9 Å². The van der Waals surface area contributed by atoms with Crippen LogP contribution in [0.15, 0.2) is 30.3 Å². The lowest BCUT2D eigenvalue weighted by atomic mass is 9.75. The maximum atomic E-state index is 12.5. The second-order valence-electron chi connectivity index (χ2n) is 6.43. The molecule has 0 amide bonds. The Bertz CT molecular complexity index is 479. The van der Waals surface area contributed by atoms with Gasteiger partial charge in [0.15, 0.2) is 0 Å². The molecule has 1 aliphatic rings. The van der Waals surface area contributed by atoms with Gasteiger partial charge in [0.1, 0.15) is 6.10 Å². The SMILES string of the molecule is CC(C)OC(=O)[C@](O)(c1ccccc1)[C@H](O)C1CCCCC1. The quantitative estimate of drug-likeness (QED) is 0.821. The molecule has 1 aromatic rings. The Morgan fingerprint density at radius 2 is 1.77 bits per heavy atom. The molecule has 2 rings (SSSR count). The molecule has 1 saturated carbocycles. The predicted molar refractivity (Wildman–Crippen MR) is 84.1 cm³/mol. The number of hydrogen-bond acceptors (Lipinski definition) is 4. The van der Waals surface area contributed by atoms with Gasteiger partial charge in [-0.15, -0.1) is 0 Å². The van der Waals surface area contributed by atoms with Crippen LogP contribution in [0.2, 0.25) is 0 Å². The molecule has 0 radical (unpaired) electrons. The van der Waals surface area contributed by atoms with Crippen molar-refractivity contribution in [3.05, 3.63) is 35.9 Å². The van der Waals surface area contributed by atoms with Crippen LogP contribution in [0, 0.1) is 5.92 Å². The van der Waals surface area contributed by atoms with Gasteiger partial charge in [-0.1, -0.05) is 49.6 Å². The second-order valence-corrected chi connectivity index (χ2v) is 6.43. The molecule has 0 unspecified atom stereocenters. The van der Waals surface area contributed by atoms with Crippen molar-refractivity contribution in [1.82, 2.24) is 0 Å². The number of rotatable bonds is 5. The Hall–Kier alpha value is -1.39. The first kappa shape index (κ1) is 17.0. The van der Waals surface area contributed by atoms with Crippen LogP contribution in [0.5, 0.6) is 0 Å². The van der Waals surface area contributed by atoms with Gasteiger partial charge in [-0.2, -0.15) is 0 Å². The zero-order chi connectivity index (χ0) is 16.2. The molecule has 0 heterocycles. The standard InChI is InChI=1S/C18H26O4/c1-13(2)22-17(20)18(21,15-11-7-4-8-12-15)16(19)14-9-5-3-6-10-14/h4,7-8,11-14,16,19,21H,3,5-6,9-10H2,1-2H3/t16-,18+/m1/s1.